The molecule has 3 rings (SSSR count). The van der Waals surface area contributed by atoms with E-state index in [2.05, 4.69) is 61.6 Å². The molecule has 2 aliphatic rings. The molecule has 0 saturated heterocycles. The van der Waals surface area contributed by atoms with Crippen LogP contribution in [-0.2, 0) is 0 Å². The molecular formula is C23H27F. The fourth-order valence-corrected chi connectivity index (χ4v) is 2.81. The van der Waals surface area contributed by atoms with Gasteiger partial charge in [0.15, 0.2) is 0 Å². The first-order chi connectivity index (χ1) is 11.7. The van der Waals surface area contributed by atoms with Crippen molar-refractivity contribution in [3.63, 3.8) is 0 Å². The lowest BCUT2D eigenvalue weighted by atomic mass is 9.92. The van der Waals surface area contributed by atoms with Crippen LogP contribution in [0.2, 0.25) is 0 Å². The summed E-state index contributed by atoms with van der Waals surface area (Å²) in [6, 6.07) is 8.31. The molecule has 0 bridgehead atoms. The molecule has 0 aliphatic heterocycles. The number of benzene rings is 1. The van der Waals surface area contributed by atoms with Crippen LogP contribution in [0.4, 0.5) is 4.39 Å². The largest absolute Gasteiger partial charge is 0.243 e. The molecule has 0 saturated carbocycles. The average Bonchev–Trinajstić information content (AvgIpc) is 2.63. The SMILES string of the molecule is CC.Cc1ccc(C2=CC(/C=C/C3=CCCC=C3)=CC(F)C2)cc1. The Morgan fingerprint density at radius 3 is 2.38 bits per heavy atom. The van der Waals surface area contributed by atoms with E-state index in [1.807, 2.05) is 19.9 Å². The van der Waals surface area contributed by atoms with E-state index in [4.69, 9.17) is 0 Å². The van der Waals surface area contributed by atoms with Gasteiger partial charge in [-0.05, 0) is 48.1 Å². The minimum Gasteiger partial charge on any atom is -0.243 e. The Hall–Kier alpha value is -2.15. The van der Waals surface area contributed by atoms with Gasteiger partial charge in [-0.3, -0.25) is 0 Å². The Morgan fingerprint density at radius 1 is 1.00 bits per heavy atom. The van der Waals surface area contributed by atoms with E-state index in [1.54, 1.807) is 6.08 Å². The zero-order valence-electron chi connectivity index (χ0n) is 14.9. The molecule has 2 aliphatic carbocycles. The maximum atomic E-state index is 14.0. The van der Waals surface area contributed by atoms with Gasteiger partial charge in [0.2, 0.25) is 0 Å². The molecule has 1 aromatic carbocycles. The molecule has 126 valence electrons. The van der Waals surface area contributed by atoms with Crippen LogP contribution in [0.3, 0.4) is 0 Å². The van der Waals surface area contributed by atoms with Crippen LogP contribution in [0.25, 0.3) is 5.57 Å². The van der Waals surface area contributed by atoms with E-state index < -0.39 is 6.17 Å². The van der Waals surface area contributed by atoms with Gasteiger partial charge in [0.1, 0.15) is 6.17 Å². The highest BCUT2D eigenvalue weighted by molar-refractivity contribution is 5.71. The summed E-state index contributed by atoms with van der Waals surface area (Å²) in [5, 5.41) is 0. The molecule has 0 fully saturated rings. The van der Waals surface area contributed by atoms with Crippen LogP contribution in [0, 0.1) is 6.92 Å². The molecule has 1 heteroatoms. The van der Waals surface area contributed by atoms with Crippen molar-refractivity contribution in [1.82, 2.24) is 0 Å². The van der Waals surface area contributed by atoms with E-state index in [1.165, 1.54) is 11.1 Å². The highest BCUT2D eigenvalue weighted by Crippen LogP contribution is 2.29. The standard InChI is InChI=1S/C21H21F.C2H6/c1-16-7-11-19(12-8-16)20-13-18(14-21(22)15-20)10-9-17-5-3-2-4-6-17;1-2/h3,5-14,21H,2,4,15H2,1H3;1-2H3/b10-9+;. The first kappa shape index (κ1) is 18.2. The minimum absolute atomic E-state index is 0.461. The van der Waals surface area contributed by atoms with Gasteiger partial charge in [0.05, 0.1) is 0 Å². The summed E-state index contributed by atoms with van der Waals surface area (Å²) in [6.45, 7) is 6.07. The van der Waals surface area contributed by atoms with Gasteiger partial charge in [-0.15, -0.1) is 0 Å². The second kappa shape index (κ2) is 9.22. The van der Waals surface area contributed by atoms with Crippen molar-refractivity contribution in [2.24, 2.45) is 0 Å². The van der Waals surface area contributed by atoms with E-state index in [9.17, 15) is 4.39 Å². The summed E-state index contributed by atoms with van der Waals surface area (Å²) in [7, 11) is 0. The number of hydrogen-bond acceptors (Lipinski definition) is 0. The van der Waals surface area contributed by atoms with Crippen LogP contribution in [0.15, 0.2) is 77.9 Å². The monoisotopic (exact) mass is 322 g/mol. The summed E-state index contributed by atoms with van der Waals surface area (Å²) in [5.74, 6) is 0. The van der Waals surface area contributed by atoms with Gasteiger partial charge in [0, 0.05) is 6.42 Å². The molecule has 0 nitrogen and oxygen atoms in total. The normalized spacial score (nSPS) is 20.0. The molecule has 1 atom stereocenters. The molecule has 0 spiro atoms. The Kier molecular flexibility index (Phi) is 6.99. The molecule has 0 radical (unpaired) electrons. The fourth-order valence-electron chi connectivity index (χ4n) is 2.81. The van der Waals surface area contributed by atoms with Crippen molar-refractivity contribution in [3.05, 3.63) is 89.1 Å². The molecule has 1 aromatic rings. The van der Waals surface area contributed by atoms with Crippen molar-refractivity contribution in [3.8, 4) is 0 Å². The van der Waals surface area contributed by atoms with Crippen molar-refractivity contribution in [2.75, 3.05) is 0 Å². The lowest BCUT2D eigenvalue weighted by Crippen LogP contribution is -2.04. The van der Waals surface area contributed by atoms with Gasteiger partial charge < -0.3 is 0 Å². The third-order valence-electron chi connectivity index (χ3n) is 4.04. The fraction of sp³-hybridized carbons (Fsp3) is 0.304. The van der Waals surface area contributed by atoms with Crippen molar-refractivity contribution in [1.29, 1.82) is 0 Å². The highest BCUT2D eigenvalue weighted by atomic mass is 19.1. The Bertz CT molecular complexity index is 681. The molecule has 0 heterocycles. The number of alkyl halides is 1. The predicted octanol–water partition coefficient (Wildman–Crippen LogP) is 6.91. The van der Waals surface area contributed by atoms with Crippen LogP contribution < -0.4 is 0 Å². The van der Waals surface area contributed by atoms with Crippen molar-refractivity contribution >= 4 is 5.57 Å². The Labute approximate surface area is 145 Å². The number of aryl methyl sites for hydroxylation is 1. The van der Waals surface area contributed by atoms with E-state index >= 15 is 0 Å². The smallest absolute Gasteiger partial charge is 0.123 e. The summed E-state index contributed by atoms with van der Waals surface area (Å²) in [4.78, 5) is 0. The number of hydrogen-bond donors (Lipinski definition) is 0. The lowest BCUT2D eigenvalue weighted by molar-refractivity contribution is 0.404. The number of halogens is 1. The van der Waals surface area contributed by atoms with Gasteiger partial charge in [-0.2, -0.15) is 0 Å². The van der Waals surface area contributed by atoms with Crippen LogP contribution in [-0.4, -0.2) is 6.17 Å². The molecule has 0 aromatic heterocycles. The highest BCUT2D eigenvalue weighted by Gasteiger charge is 2.14. The molecule has 0 amide bonds. The number of rotatable bonds is 3. The van der Waals surface area contributed by atoms with Gasteiger partial charge >= 0.3 is 0 Å². The van der Waals surface area contributed by atoms with Gasteiger partial charge in [0.25, 0.3) is 0 Å². The summed E-state index contributed by atoms with van der Waals surface area (Å²) < 4.78 is 14.0. The van der Waals surface area contributed by atoms with Crippen molar-refractivity contribution in [2.45, 2.75) is 46.2 Å². The molecule has 0 N–H and O–H groups in total. The molecule has 1 unspecified atom stereocenters. The Morgan fingerprint density at radius 2 is 1.71 bits per heavy atom. The Balaban J connectivity index is 0.00000100. The third kappa shape index (κ3) is 5.19. The maximum absolute atomic E-state index is 14.0. The zero-order valence-corrected chi connectivity index (χ0v) is 14.9. The third-order valence-corrected chi connectivity index (χ3v) is 4.04. The summed E-state index contributed by atoms with van der Waals surface area (Å²) >= 11 is 0. The maximum Gasteiger partial charge on any atom is 0.123 e. The topological polar surface area (TPSA) is 0 Å². The van der Waals surface area contributed by atoms with Gasteiger partial charge in [-0.25, -0.2) is 4.39 Å². The average molecular weight is 322 g/mol. The minimum atomic E-state index is -0.906. The second-order valence-electron chi connectivity index (χ2n) is 5.94. The first-order valence-electron chi connectivity index (χ1n) is 8.89. The van der Waals surface area contributed by atoms with E-state index in [0.29, 0.717) is 6.42 Å². The summed E-state index contributed by atoms with van der Waals surface area (Å²) in [5.41, 5.74) is 5.57. The molecule has 24 heavy (non-hydrogen) atoms. The number of allylic oxidation sites excluding steroid dienone is 10. The second-order valence-corrected chi connectivity index (χ2v) is 5.94. The lowest BCUT2D eigenvalue weighted by Gasteiger charge is -2.16. The van der Waals surface area contributed by atoms with E-state index in [-0.39, 0.29) is 0 Å². The predicted molar refractivity (Wildman–Crippen MR) is 104 cm³/mol. The van der Waals surface area contributed by atoms with Crippen molar-refractivity contribution < 1.29 is 4.39 Å². The van der Waals surface area contributed by atoms with Crippen LogP contribution in [0.1, 0.15) is 44.2 Å². The summed E-state index contributed by atoms with van der Waals surface area (Å²) in [6.07, 6.45) is 16.2. The van der Waals surface area contributed by atoms with Crippen LogP contribution >= 0.6 is 0 Å². The van der Waals surface area contributed by atoms with Gasteiger partial charge in [-0.1, -0.05) is 80.1 Å². The van der Waals surface area contributed by atoms with Crippen LogP contribution in [0.5, 0.6) is 0 Å². The molecular weight excluding hydrogens is 295 g/mol. The zero-order chi connectivity index (χ0) is 17.4. The quantitative estimate of drug-likeness (QED) is 0.567. The van der Waals surface area contributed by atoms with E-state index in [0.717, 1.165) is 29.6 Å². The first-order valence-corrected chi connectivity index (χ1v) is 8.89.